The molecule has 6 heteroatoms. The smallest absolute Gasteiger partial charge is 0.161 e. The molecule has 0 saturated carbocycles. The van der Waals surface area contributed by atoms with Crippen molar-refractivity contribution in [2.45, 2.75) is 13.3 Å². The molecule has 1 aromatic heterocycles. The molecular formula is C15H15N3O2S. The molecule has 5 nitrogen and oxygen atoms in total. The third kappa shape index (κ3) is 2.93. The largest absolute Gasteiger partial charge is 0.486 e. The number of hydrogen-bond donors (Lipinski definition) is 1. The lowest BCUT2D eigenvalue weighted by atomic mass is 10.1. The zero-order valence-electron chi connectivity index (χ0n) is 11.7. The molecule has 0 saturated heterocycles. The molecule has 1 aliphatic heterocycles. The van der Waals surface area contributed by atoms with E-state index in [-0.39, 0.29) is 0 Å². The maximum Gasteiger partial charge on any atom is 0.161 e. The van der Waals surface area contributed by atoms with Gasteiger partial charge in [-0.25, -0.2) is 0 Å². The van der Waals surface area contributed by atoms with E-state index in [0.717, 1.165) is 35.2 Å². The number of ether oxygens (including phenoxy) is 2. The fourth-order valence-electron chi connectivity index (χ4n) is 2.19. The lowest BCUT2D eigenvalue weighted by Crippen LogP contribution is -2.15. The Hall–Kier alpha value is -2.26. The van der Waals surface area contributed by atoms with Gasteiger partial charge in [-0.2, -0.15) is 9.64 Å². The van der Waals surface area contributed by atoms with Gasteiger partial charge in [-0.1, -0.05) is 6.07 Å². The molecule has 0 radical (unpaired) electrons. The van der Waals surface area contributed by atoms with Gasteiger partial charge < -0.3 is 14.8 Å². The molecule has 0 fully saturated rings. The van der Waals surface area contributed by atoms with E-state index in [4.69, 9.17) is 14.7 Å². The average Bonchev–Trinajstić information content (AvgIpc) is 2.87. The van der Waals surface area contributed by atoms with Crippen LogP contribution < -0.4 is 14.8 Å². The second kappa shape index (κ2) is 6.02. The highest BCUT2D eigenvalue weighted by molar-refractivity contribution is 7.10. The van der Waals surface area contributed by atoms with Crippen molar-refractivity contribution in [1.29, 1.82) is 5.26 Å². The summed E-state index contributed by atoms with van der Waals surface area (Å²) in [5.74, 6) is 1.62. The van der Waals surface area contributed by atoms with Gasteiger partial charge in [0.2, 0.25) is 0 Å². The summed E-state index contributed by atoms with van der Waals surface area (Å²) in [6.45, 7) is 3.80. The highest BCUT2D eigenvalue weighted by atomic mass is 32.1. The van der Waals surface area contributed by atoms with Crippen LogP contribution in [-0.4, -0.2) is 24.1 Å². The lowest BCUT2D eigenvalue weighted by Gasteiger charge is -2.18. The Bertz CT molecular complexity index is 691. The lowest BCUT2D eigenvalue weighted by molar-refractivity contribution is 0.171. The fraction of sp³-hybridized carbons (Fsp3) is 0.333. The highest BCUT2D eigenvalue weighted by Crippen LogP contribution is 2.31. The fourth-order valence-corrected chi connectivity index (χ4v) is 2.96. The van der Waals surface area contributed by atoms with Crippen molar-refractivity contribution < 1.29 is 9.47 Å². The summed E-state index contributed by atoms with van der Waals surface area (Å²) in [6, 6.07) is 8.18. The van der Waals surface area contributed by atoms with Crippen LogP contribution >= 0.6 is 11.5 Å². The molecule has 1 N–H and O–H groups in total. The SMILES string of the molecule is Cc1nsc(NCCc2ccc3c(c2)OCCO3)c1C#N. The minimum absolute atomic E-state index is 0.598. The molecule has 0 spiro atoms. The molecule has 0 aliphatic carbocycles. The minimum Gasteiger partial charge on any atom is -0.486 e. The molecule has 2 aromatic rings. The van der Waals surface area contributed by atoms with Gasteiger partial charge in [-0.15, -0.1) is 0 Å². The van der Waals surface area contributed by atoms with Gasteiger partial charge in [-0.05, 0) is 42.6 Å². The predicted octanol–water partition coefficient (Wildman–Crippen LogP) is 2.75. The van der Waals surface area contributed by atoms with E-state index < -0.39 is 0 Å². The number of hydrogen-bond acceptors (Lipinski definition) is 6. The Kier molecular flexibility index (Phi) is 3.93. The average molecular weight is 301 g/mol. The van der Waals surface area contributed by atoms with Gasteiger partial charge in [0.25, 0.3) is 0 Å². The van der Waals surface area contributed by atoms with E-state index in [1.54, 1.807) is 0 Å². The van der Waals surface area contributed by atoms with Crippen molar-refractivity contribution in [2.24, 2.45) is 0 Å². The van der Waals surface area contributed by atoms with Crippen LogP contribution in [0, 0.1) is 18.3 Å². The van der Waals surface area contributed by atoms with Gasteiger partial charge in [0.05, 0.1) is 5.69 Å². The van der Waals surface area contributed by atoms with Crippen molar-refractivity contribution >= 4 is 16.5 Å². The molecule has 21 heavy (non-hydrogen) atoms. The number of nitrogens with zero attached hydrogens (tertiary/aromatic N) is 2. The highest BCUT2D eigenvalue weighted by Gasteiger charge is 2.12. The first-order chi connectivity index (χ1) is 10.3. The zero-order chi connectivity index (χ0) is 14.7. The molecule has 108 valence electrons. The van der Waals surface area contributed by atoms with E-state index in [1.165, 1.54) is 17.1 Å². The Morgan fingerprint density at radius 1 is 1.33 bits per heavy atom. The minimum atomic E-state index is 0.598. The maximum atomic E-state index is 9.08. The number of nitrogens with one attached hydrogen (secondary N) is 1. The first kappa shape index (κ1) is 13.7. The number of aromatic nitrogens is 1. The summed E-state index contributed by atoms with van der Waals surface area (Å²) in [6.07, 6.45) is 0.846. The van der Waals surface area contributed by atoms with Crippen LogP contribution in [0.2, 0.25) is 0 Å². The van der Waals surface area contributed by atoms with E-state index in [0.29, 0.717) is 18.8 Å². The standard InChI is InChI=1S/C15H15N3O2S/c1-10-12(9-16)15(21-18-10)17-5-4-11-2-3-13-14(8-11)20-7-6-19-13/h2-3,8,17H,4-7H2,1H3. The van der Waals surface area contributed by atoms with Gasteiger partial charge in [-0.3, -0.25) is 0 Å². The van der Waals surface area contributed by atoms with Crippen LogP contribution in [0.25, 0.3) is 0 Å². The number of aryl methyl sites for hydroxylation is 1. The molecule has 0 unspecified atom stereocenters. The number of nitriles is 1. The molecule has 1 aromatic carbocycles. The molecule has 0 atom stereocenters. The third-order valence-electron chi connectivity index (χ3n) is 3.28. The van der Waals surface area contributed by atoms with E-state index in [2.05, 4.69) is 15.8 Å². The van der Waals surface area contributed by atoms with Gasteiger partial charge in [0, 0.05) is 6.54 Å². The summed E-state index contributed by atoms with van der Waals surface area (Å²) < 4.78 is 15.3. The van der Waals surface area contributed by atoms with Gasteiger partial charge in [0.15, 0.2) is 11.5 Å². The number of fused-ring (bicyclic) bond motifs is 1. The Labute approximate surface area is 127 Å². The van der Waals surface area contributed by atoms with Crippen LogP contribution in [0.5, 0.6) is 11.5 Å². The monoisotopic (exact) mass is 301 g/mol. The van der Waals surface area contributed by atoms with E-state index in [9.17, 15) is 0 Å². The molecule has 3 rings (SSSR count). The number of rotatable bonds is 4. The Morgan fingerprint density at radius 3 is 2.95 bits per heavy atom. The first-order valence-corrected chi connectivity index (χ1v) is 7.54. The van der Waals surface area contributed by atoms with Crippen LogP contribution in [0.15, 0.2) is 18.2 Å². The summed E-state index contributed by atoms with van der Waals surface area (Å²) in [5, 5.41) is 13.2. The third-order valence-corrected chi connectivity index (χ3v) is 4.18. The van der Waals surface area contributed by atoms with Crippen molar-refractivity contribution in [3.63, 3.8) is 0 Å². The molecular weight excluding hydrogens is 286 g/mol. The zero-order valence-corrected chi connectivity index (χ0v) is 12.5. The molecule has 0 amide bonds. The van der Waals surface area contributed by atoms with E-state index in [1.807, 2.05) is 25.1 Å². The summed E-state index contributed by atoms with van der Waals surface area (Å²) in [5.41, 5.74) is 2.60. The second-order valence-corrected chi connectivity index (χ2v) is 5.51. The maximum absolute atomic E-state index is 9.08. The van der Waals surface area contributed by atoms with Crippen molar-refractivity contribution in [3.05, 3.63) is 35.0 Å². The normalized spacial score (nSPS) is 12.8. The molecule has 2 heterocycles. The number of benzene rings is 1. The van der Waals surface area contributed by atoms with Crippen molar-refractivity contribution in [1.82, 2.24) is 4.37 Å². The molecule has 1 aliphatic rings. The second-order valence-electron chi connectivity index (χ2n) is 4.74. The summed E-state index contributed by atoms with van der Waals surface area (Å²) >= 11 is 1.33. The van der Waals surface area contributed by atoms with Crippen LogP contribution in [-0.2, 0) is 6.42 Å². The number of anilines is 1. The van der Waals surface area contributed by atoms with Gasteiger partial charge in [0.1, 0.15) is 29.8 Å². The van der Waals surface area contributed by atoms with E-state index >= 15 is 0 Å². The summed E-state index contributed by atoms with van der Waals surface area (Å²) in [7, 11) is 0. The van der Waals surface area contributed by atoms with Crippen LogP contribution in [0.4, 0.5) is 5.00 Å². The Morgan fingerprint density at radius 2 is 2.14 bits per heavy atom. The van der Waals surface area contributed by atoms with Gasteiger partial charge >= 0.3 is 0 Å². The predicted molar refractivity (Wildman–Crippen MR) is 81.2 cm³/mol. The van der Waals surface area contributed by atoms with Crippen molar-refractivity contribution in [3.8, 4) is 17.6 Å². The topological polar surface area (TPSA) is 67.2 Å². The Balaban J connectivity index is 1.62. The van der Waals surface area contributed by atoms with Crippen LogP contribution in [0.1, 0.15) is 16.8 Å². The molecule has 0 bridgehead atoms. The summed E-state index contributed by atoms with van der Waals surface area (Å²) in [4.78, 5) is 0. The van der Waals surface area contributed by atoms with Crippen molar-refractivity contribution in [2.75, 3.05) is 25.1 Å². The quantitative estimate of drug-likeness (QED) is 0.940. The van der Waals surface area contributed by atoms with Crippen LogP contribution in [0.3, 0.4) is 0 Å². The first-order valence-electron chi connectivity index (χ1n) is 6.76.